The van der Waals surface area contributed by atoms with E-state index in [-0.39, 0.29) is 0 Å². The van der Waals surface area contributed by atoms with Crippen LogP contribution in [0, 0.1) is 11.6 Å². The highest BCUT2D eigenvalue weighted by atomic mass is 32.2. The maximum absolute atomic E-state index is 14.0. The molecule has 1 aliphatic heterocycles. The highest BCUT2D eigenvalue weighted by Crippen LogP contribution is 2.49. The van der Waals surface area contributed by atoms with Crippen molar-refractivity contribution < 1.29 is 13.5 Å². The van der Waals surface area contributed by atoms with Gasteiger partial charge in [0.1, 0.15) is 23.1 Å². The van der Waals surface area contributed by atoms with Gasteiger partial charge in [-0.3, -0.25) is 0 Å². The molecule has 1 aliphatic rings. The molecule has 0 aliphatic carbocycles. The zero-order valence-corrected chi connectivity index (χ0v) is 13.4. The Morgan fingerprint density at radius 2 is 1.75 bits per heavy atom. The molecule has 0 saturated carbocycles. The molecule has 0 unspecified atom stereocenters. The normalized spacial score (nSPS) is 12.2. The molecule has 0 spiro atoms. The second kappa shape index (κ2) is 5.83. The van der Waals surface area contributed by atoms with Crippen LogP contribution in [0.4, 0.5) is 14.5 Å². The van der Waals surface area contributed by atoms with Gasteiger partial charge in [0, 0.05) is 24.2 Å². The van der Waals surface area contributed by atoms with Crippen LogP contribution in [0.15, 0.2) is 64.4 Å². The van der Waals surface area contributed by atoms with E-state index in [2.05, 4.69) is 0 Å². The molecule has 0 atom stereocenters. The molecule has 2 nitrogen and oxygen atoms in total. The first kappa shape index (κ1) is 15.0. The van der Waals surface area contributed by atoms with Crippen molar-refractivity contribution in [3.8, 4) is 11.5 Å². The zero-order valence-electron chi connectivity index (χ0n) is 12.6. The lowest BCUT2D eigenvalue weighted by atomic mass is 10.0. The predicted molar refractivity (Wildman–Crippen MR) is 90.7 cm³/mol. The van der Waals surface area contributed by atoms with Crippen LogP contribution >= 0.6 is 11.8 Å². The highest BCUT2D eigenvalue weighted by molar-refractivity contribution is 7.99. The lowest BCUT2D eigenvalue weighted by Gasteiger charge is -2.22. The fraction of sp³-hybridized carbons (Fsp3) is 0.0526. The van der Waals surface area contributed by atoms with Crippen molar-refractivity contribution >= 4 is 17.4 Å². The standard InChI is InChI=1S/C19H13F2NOS/c20-13-6-5-11(15(21)9-13)7-12-8-14(22)10-17-19(12)24-18-4-2-1-3-16(18)23-17/h1-6,8-10H,7,22H2. The SMILES string of the molecule is Nc1cc(Cc2ccc(F)cc2F)c2c(c1)Oc1ccccc1S2. The van der Waals surface area contributed by atoms with Crippen LogP contribution in [0.25, 0.3) is 0 Å². The Morgan fingerprint density at radius 1 is 0.917 bits per heavy atom. The van der Waals surface area contributed by atoms with Gasteiger partial charge >= 0.3 is 0 Å². The average molecular weight is 341 g/mol. The Kier molecular flexibility index (Phi) is 3.65. The molecule has 0 bridgehead atoms. The summed E-state index contributed by atoms with van der Waals surface area (Å²) in [5.41, 5.74) is 7.80. The molecular formula is C19H13F2NOS. The Bertz CT molecular complexity index is 943. The van der Waals surface area contributed by atoms with Crippen LogP contribution in [-0.4, -0.2) is 0 Å². The number of rotatable bonds is 2. The van der Waals surface area contributed by atoms with Crippen LogP contribution in [-0.2, 0) is 6.42 Å². The molecular weight excluding hydrogens is 328 g/mol. The van der Waals surface area contributed by atoms with Gasteiger partial charge in [0.25, 0.3) is 0 Å². The van der Waals surface area contributed by atoms with Gasteiger partial charge in [-0.15, -0.1) is 0 Å². The van der Waals surface area contributed by atoms with E-state index in [0.29, 0.717) is 23.4 Å². The molecule has 0 amide bonds. The molecule has 120 valence electrons. The van der Waals surface area contributed by atoms with Crippen molar-refractivity contribution in [2.45, 2.75) is 16.2 Å². The minimum absolute atomic E-state index is 0.317. The molecule has 4 rings (SSSR count). The average Bonchev–Trinajstić information content (AvgIpc) is 2.55. The molecule has 5 heteroatoms. The maximum atomic E-state index is 14.0. The summed E-state index contributed by atoms with van der Waals surface area (Å²) < 4.78 is 33.0. The van der Waals surface area contributed by atoms with Crippen LogP contribution in [0.3, 0.4) is 0 Å². The van der Waals surface area contributed by atoms with Crippen LogP contribution in [0.1, 0.15) is 11.1 Å². The third-order valence-electron chi connectivity index (χ3n) is 3.83. The maximum Gasteiger partial charge on any atom is 0.143 e. The van der Waals surface area contributed by atoms with Gasteiger partial charge in [0.2, 0.25) is 0 Å². The third-order valence-corrected chi connectivity index (χ3v) is 5.06. The van der Waals surface area contributed by atoms with Crippen LogP contribution < -0.4 is 10.5 Å². The summed E-state index contributed by atoms with van der Waals surface area (Å²) in [6.45, 7) is 0. The molecule has 24 heavy (non-hydrogen) atoms. The largest absolute Gasteiger partial charge is 0.455 e. The van der Waals surface area contributed by atoms with E-state index in [1.54, 1.807) is 17.8 Å². The van der Waals surface area contributed by atoms with Crippen molar-refractivity contribution in [3.63, 3.8) is 0 Å². The number of anilines is 1. The molecule has 3 aromatic carbocycles. The lowest BCUT2D eigenvalue weighted by Crippen LogP contribution is -2.02. The van der Waals surface area contributed by atoms with Crippen molar-refractivity contribution in [3.05, 3.63) is 77.4 Å². The number of hydrogen-bond donors (Lipinski definition) is 1. The Balaban J connectivity index is 1.76. The second-order valence-corrected chi connectivity index (χ2v) is 6.62. The predicted octanol–water partition coefficient (Wildman–Crippen LogP) is 5.39. The summed E-state index contributed by atoms with van der Waals surface area (Å²) >= 11 is 1.57. The van der Waals surface area contributed by atoms with E-state index in [1.165, 1.54) is 12.1 Å². The van der Waals surface area contributed by atoms with Crippen molar-refractivity contribution in [1.29, 1.82) is 0 Å². The number of para-hydroxylation sites is 1. The number of nitrogen functional groups attached to an aromatic ring is 1. The number of fused-ring (bicyclic) bond motifs is 2. The van der Waals surface area contributed by atoms with Crippen molar-refractivity contribution in [2.24, 2.45) is 0 Å². The molecule has 0 aromatic heterocycles. The minimum atomic E-state index is -0.586. The van der Waals surface area contributed by atoms with Gasteiger partial charge in [-0.05, 0) is 35.4 Å². The van der Waals surface area contributed by atoms with Crippen LogP contribution in [0.2, 0.25) is 0 Å². The van der Waals surface area contributed by atoms with Gasteiger partial charge in [-0.2, -0.15) is 0 Å². The number of nitrogens with two attached hydrogens (primary N) is 1. The first-order valence-corrected chi connectivity index (χ1v) is 8.23. The number of benzene rings is 3. The number of hydrogen-bond acceptors (Lipinski definition) is 3. The van der Waals surface area contributed by atoms with Gasteiger partial charge in [0.15, 0.2) is 0 Å². The molecule has 1 heterocycles. The second-order valence-electron chi connectivity index (χ2n) is 5.57. The summed E-state index contributed by atoms with van der Waals surface area (Å²) in [5, 5.41) is 0. The van der Waals surface area contributed by atoms with E-state index >= 15 is 0 Å². The fourth-order valence-electron chi connectivity index (χ4n) is 2.72. The quantitative estimate of drug-likeness (QED) is 0.496. The molecule has 0 radical (unpaired) electrons. The minimum Gasteiger partial charge on any atom is -0.455 e. The topological polar surface area (TPSA) is 35.2 Å². The Morgan fingerprint density at radius 3 is 2.58 bits per heavy atom. The first-order valence-electron chi connectivity index (χ1n) is 7.41. The van der Waals surface area contributed by atoms with E-state index in [9.17, 15) is 8.78 Å². The van der Waals surface area contributed by atoms with E-state index in [1.807, 2.05) is 30.3 Å². The van der Waals surface area contributed by atoms with E-state index in [4.69, 9.17) is 10.5 Å². The zero-order chi connectivity index (χ0) is 16.7. The van der Waals surface area contributed by atoms with Gasteiger partial charge in [0.05, 0.1) is 9.79 Å². The van der Waals surface area contributed by atoms with Gasteiger partial charge in [-0.25, -0.2) is 8.78 Å². The lowest BCUT2D eigenvalue weighted by molar-refractivity contribution is 0.453. The third kappa shape index (κ3) is 2.71. The first-order chi connectivity index (χ1) is 11.6. The van der Waals surface area contributed by atoms with Gasteiger partial charge < -0.3 is 10.5 Å². The smallest absolute Gasteiger partial charge is 0.143 e. The summed E-state index contributed by atoms with van der Waals surface area (Å²) in [6, 6.07) is 14.9. The molecule has 3 aromatic rings. The Labute approximate surface area is 142 Å². The fourth-order valence-corrected chi connectivity index (χ4v) is 3.76. The highest BCUT2D eigenvalue weighted by Gasteiger charge is 2.21. The summed E-state index contributed by atoms with van der Waals surface area (Å²) in [4.78, 5) is 1.90. The number of halogens is 2. The molecule has 0 fully saturated rings. The van der Waals surface area contributed by atoms with Crippen molar-refractivity contribution in [1.82, 2.24) is 0 Å². The van der Waals surface area contributed by atoms with Crippen LogP contribution in [0.5, 0.6) is 11.5 Å². The van der Waals surface area contributed by atoms with E-state index < -0.39 is 11.6 Å². The molecule has 0 saturated heterocycles. The summed E-state index contributed by atoms with van der Waals surface area (Å²) in [6.07, 6.45) is 0.317. The van der Waals surface area contributed by atoms with Crippen molar-refractivity contribution in [2.75, 3.05) is 5.73 Å². The monoisotopic (exact) mass is 341 g/mol. The summed E-state index contributed by atoms with van der Waals surface area (Å²) in [5.74, 6) is 0.293. The Hall–Kier alpha value is -2.53. The van der Waals surface area contributed by atoms with Gasteiger partial charge in [-0.1, -0.05) is 30.0 Å². The molecule has 2 N–H and O–H groups in total. The summed E-state index contributed by atoms with van der Waals surface area (Å²) in [7, 11) is 0. The number of ether oxygens (including phenoxy) is 1. The van der Waals surface area contributed by atoms with E-state index in [0.717, 1.165) is 27.2 Å².